The quantitative estimate of drug-likeness (QED) is 0.420. The first kappa shape index (κ1) is 22.5. The van der Waals surface area contributed by atoms with Crippen LogP contribution in [0.1, 0.15) is 57.1 Å². The zero-order chi connectivity index (χ0) is 17.9. The molecule has 132 valence electrons. The van der Waals surface area contributed by atoms with E-state index in [9.17, 15) is 13.0 Å². The Labute approximate surface area is 173 Å². The molecule has 0 aromatic heterocycles. The van der Waals surface area contributed by atoms with E-state index in [-0.39, 0.29) is 40.4 Å². The second-order valence-electron chi connectivity index (χ2n) is 6.43. The topological polar surface area (TPSA) is 66.4 Å². The van der Waals surface area contributed by atoms with Gasteiger partial charge in [-0.2, -0.15) is 0 Å². The summed E-state index contributed by atoms with van der Waals surface area (Å²) < 4.78 is 40.8. The van der Waals surface area contributed by atoms with Crippen molar-refractivity contribution in [3.63, 3.8) is 0 Å². The molecular weight excluding hydrogens is 347 g/mol. The van der Waals surface area contributed by atoms with Gasteiger partial charge in [-0.1, -0.05) is 39.7 Å². The molecule has 0 saturated heterocycles. The Morgan fingerprint density at radius 3 is 2.36 bits per heavy atom. The minimum atomic E-state index is -4.54. The molecular formula is C19H25NaO4S. The smallest absolute Gasteiger partial charge is 0.744 e. The summed E-state index contributed by atoms with van der Waals surface area (Å²) >= 11 is 0. The van der Waals surface area contributed by atoms with E-state index in [1.165, 1.54) is 6.07 Å². The van der Waals surface area contributed by atoms with Crippen molar-refractivity contribution in [1.82, 2.24) is 0 Å². The van der Waals surface area contributed by atoms with Crippen LogP contribution in [0.15, 0.2) is 29.2 Å². The molecule has 2 aliphatic rings. The van der Waals surface area contributed by atoms with Gasteiger partial charge in [-0.25, -0.2) is 8.42 Å². The van der Waals surface area contributed by atoms with Gasteiger partial charge in [0.1, 0.15) is 15.9 Å². The molecule has 0 atom stereocenters. The Morgan fingerprint density at radius 1 is 1.16 bits per heavy atom. The van der Waals surface area contributed by atoms with Crippen molar-refractivity contribution in [2.45, 2.75) is 57.3 Å². The fourth-order valence-electron chi connectivity index (χ4n) is 3.01. The summed E-state index contributed by atoms with van der Waals surface area (Å²) in [6.07, 6.45) is 3.82. The summed E-state index contributed by atoms with van der Waals surface area (Å²) in [5, 5.41) is 0. The third-order valence-corrected chi connectivity index (χ3v) is 5.23. The number of unbranched alkanes of at least 4 members (excludes halogenated alkanes) is 2. The summed E-state index contributed by atoms with van der Waals surface area (Å²) in [5.74, 6) is 0.823. The number of hydrogen-bond acceptors (Lipinski definition) is 4. The van der Waals surface area contributed by atoms with Crippen LogP contribution in [0.5, 0.6) is 5.75 Å². The number of rotatable bonds is 7. The van der Waals surface area contributed by atoms with Crippen molar-refractivity contribution in [2.75, 3.05) is 7.11 Å². The molecule has 0 spiro atoms. The molecule has 0 radical (unpaired) electrons. The average Bonchev–Trinajstić information content (AvgIpc) is 2.74. The molecule has 0 N–H and O–H groups in total. The fraction of sp³-hybridized carbons (Fsp3) is 0.474. The maximum Gasteiger partial charge on any atom is 1.00 e. The second kappa shape index (κ2) is 9.38. The van der Waals surface area contributed by atoms with Gasteiger partial charge >= 0.3 is 29.6 Å². The number of aryl methyl sites for hydroxylation is 1. The zero-order valence-electron chi connectivity index (χ0n) is 15.8. The van der Waals surface area contributed by atoms with Crippen molar-refractivity contribution in [1.29, 1.82) is 0 Å². The fourth-order valence-corrected chi connectivity index (χ4v) is 3.72. The number of hydrogen-bond donors (Lipinski definition) is 0. The first-order chi connectivity index (χ1) is 11.3. The van der Waals surface area contributed by atoms with Crippen LogP contribution >= 0.6 is 0 Å². The van der Waals surface area contributed by atoms with E-state index < -0.39 is 10.1 Å². The van der Waals surface area contributed by atoms with Crippen LogP contribution < -0.4 is 34.3 Å². The SMILES string of the molecule is CCCCCc1cc(S(=O)(=O)[O-])c2cc(C(C)C)ccc(OC)c1-2.[Na+]. The number of fused-ring (bicyclic) bond motifs is 1. The van der Waals surface area contributed by atoms with E-state index in [1.54, 1.807) is 7.11 Å². The Kier molecular flexibility index (Phi) is 8.42. The van der Waals surface area contributed by atoms with Gasteiger partial charge in [-0.15, -0.1) is 0 Å². The summed E-state index contributed by atoms with van der Waals surface area (Å²) in [6, 6.07) is 7.15. The van der Waals surface area contributed by atoms with Gasteiger partial charge in [0.25, 0.3) is 0 Å². The largest absolute Gasteiger partial charge is 1.00 e. The van der Waals surface area contributed by atoms with E-state index in [2.05, 4.69) is 6.92 Å². The van der Waals surface area contributed by atoms with Crippen LogP contribution in [-0.2, 0) is 16.5 Å². The van der Waals surface area contributed by atoms with Gasteiger partial charge in [-0.05, 0) is 48.1 Å². The van der Waals surface area contributed by atoms with Crippen LogP contribution in [0.3, 0.4) is 0 Å². The van der Waals surface area contributed by atoms with Crippen molar-refractivity contribution in [3.8, 4) is 16.9 Å². The normalized spacial score (nSPS) is 11.6. The molecule has 0 aromatic rings. The molecule has 0 amide bonds. The van der Waals surface area contributed by atoms with Crippen molar-refractivity contribution in [3.05, 3.63) is 35.4 Å². The first-order valence-electron chi connectivity index (χ1n) is 8.39. The minimum absolute atomic E-state index is 0. The number of ether oxygens (including phenoxy) is 1. The molecule has 4 nitrogen and oxygen atoms in total. The average molecular weight is 372 g/mol. The minimum Gasteiger partial charge on any atom is -0.744 e. The van der Waals surface area contributed by atoms with E-state index >= 15 is 0 Å². The molecule has 0 fully saturated rings. The zero-order valence-corrected chi connectivity index (χ0v) is 18.6. The van der Waals surface area contributed by atoms with Crippen LogP contribution in [0.25, 0.3) is 11.1 Å². The van der Waals surface area contributed by atoms with Gasteiger partial charge in [0.05, 0.1) is 12.0 Å². The molecule has 0 bridgehead atoms. The maximum atomic E-state index is 11.8. The Bertz CT molecular complexity index is 784. The Balaban J connectivity index is 0.00000312. The summed E-state index contributed by atoms with van der Waals surface area (Å²) in [6.45, 7) is 6.18. The van der Waals surface area contributed by atoms with E-state index in [1.807, 2.05) is 32.0 Å². The third kappa shape index (κ3) is 5.20. The monoisotopic (exact) mass is 372 g/mol. The Morgan fingerprint density at radius 2 is 1.84 bits per heavy atom. The molecule has 0 aliphatic heterocycles. The molecule has 6 heteroatoms. The van der Waals surface area contributed by atoms with E-state index in [0.717, 1.165) is 42.4 Å². The molecule has 0 saturated carbocycles. The van der Waals surface area contributed by atoms with Crippen LogP contribution in [0.2, 0.25) is 0 Å². The van der Waals surface area contributed by atoms with Crippen LogP contribution in [-0.4, -0.2) is 20.1 Å². The summed E-state index contributed by atoms with van der Waals surface area (Å²) in [5.41, 5.74) is 3.06. The molecule has 0 unspecified atom stereocenters. The standard InChI is InChI=1S/C19H26O4S.Na/c1-5-6-7-8-15-12-18(24(20,21)22)16-11-14(13(2)3)9-10-17(23-4)19(15)16;/h9-13H,5-8H2,1-4H3,(H,20,21,22);/q;+1/p-1. The predicted octanol–water partition coefficient (Wildman–Crippen LogP) is 1.56. The van der Waals surface area contributed by atoms with Gasteiger partial charge in [0, 0.05) is 11.1 Å². The molecule has 2 rings (SSSR count). The van der Waals surface area contributed by atoms with Crippen LogP contribution in [0, 0.1) is 0 Å². The van der Waals surface area contributed by atoms with Gasteiger partial charge in [0.15, 0.2) is 0 Å². The van der Waals surface area contributed by atoms with E-state index in [0.29, 0.717) is 11.3 Å². The molecule has 0 heterocycles. The van der Waals surface area contributed by atoms with Crippen molar-refractivity contribution < 1.29 is 47.3 Å². The van der Waals surface area contributed by atoms with Crippen LogP contribution in [0.4, 0.5) is 0 Å². The van der Waals surface area contributed by atoms with Crippen molar-refractivity contribution >= 4 is 10.1 Å². The summed E-state index contributed by atoms with van der Waals surface area (Å²) in [7, 11) is -2.97. The van der Waals surface area contributed by atoms with Crippen molar-refractivity contribution in [2.24, 2.45) is 0 Å². The molecule has 25 heavy (non-hydrogen) atoms. The third-order valence-electron chi connectivity index (χ3n) is 4.35. The predicted molar refractivity (Wildman–Crippen MR) is 94.9 cm³/mol. The molecule has 2 aliphatic carbocycles. The first-order valence-corrected chi connectivity index (χ1v) is 9.79. The van der Waals surface area contributed by atoms with Gasteiger partial charge in [0.2, 0.25) is 0 Å². The van der Waals surface area contributed by atoms with Gasteiger partial charge < -0.3 is 9.29 Å². The maximum absolute atomic E-state index is 11.8. The second-order valence-corrected chi connectivity index (χ2v) is 7.78. The Hall–Kier alpha value is -0.590. The van der Waals surface area contributed by atoms with E-state index in [4.69, 9.17) is 4.74 Å². The van der Waals surface area contributed by atoms with Gasteiger partial charge in [-0.3, -0.25) is 0 Å². The number of methoxy groups -OCH3 is 1. The summed E-state index contributed by atoms with van der Waals surface area (Å²) in [4.78, 5) is -0.139. The molecule has 0 aromatic carbocycles.